The molecule has 1 aromatic rings. The number of hydrogen-bond donors (Lipinski definition) is 3. The van der Waals surface area contributed by atoms with E-state index < -0.39 is 0 Å². The maximum Gasteiger partial charge on any atom is 0.174 e. The SMILES string of the molecule is C(CNC1CCC2(CCNCC2)CC1)Cc1nn[nH]n1. The average molecular weight is 278 g/mol. The molecule has 1 aliphatic heterocycles. The number of rotatable bonds is 5. The van der Waals surface area contributed by atoms with Crippen LogP contribution in [-0.4, -0.2) is 46.3 Å². The highest BCUT2D eigenvalue weighted by Crippen LogP contribution is 2.43. The number of aromatic amines is 1. The topological polar surface area (TPSA) is 78.5 Å². The number of tetrazole rings is 1. The summed E-state index contributed by atoms with van der Waals surface area (Å²) in [5.74, 6) is 0.823. The van der Waals surface area contributed by atoms with Crippen LogP contribution in [0.2, 0.25) is 0 Å². The van der Waals surface area contributed by atoms with Gasteiger partial charge in [-0.1, -0.05) is 5.21 Å². The lowest BCUT2D eigenvalue weighted by molar-refractivity contribution is 0.116. The minimum absolute atomic E-state index is 0.675. The molecule has 3 N–H and O–H groups in total. The van der Waals surface area contributed by atoms with Gasteiger partial charge in [-0.25, -0.2) is 0 Å². The number of nitrogens with one attached hydrogen (secondary N) is 3. The third-order valence-electron chi connectivity index (χ3n) is 5.11. The predicted molar refractivity (Wildman–Crippen MR) is 77.3 cm³/mol. The van der Waals surface area contributed by atoms with E-state index in [2.05, 4.69) is 31.3 Å². The van der Waals surface area contributed by atoms with Crippen molar-refractivity contribution in [3.63, 3.8) is 0 Å². The summed E-state index contributed by atoms with van der Waals surface area (Å²) in [7, 11) is 0. The molecule has 20 heavy (non-hydrogen) atoms. The van der Waals surface area contributed by atoms with Crippen LogP contribution in [0, 0.1) is 5.41 Å². The largest absolute Gasteiger partial charge is 0.317 e. The first-order chi connectivity index (χ1) is 9.86. The molecule has 0 amide bonds. The molecule has 1 saturated carbocycles. The Labute approximate surface area is 120 Å². The van der Waals surface area contributed by atoms with Gasteiger partial charge < -0.3 is 10.6 Å². The van der Waals surface area contributed by atoms with E-state index in [1.165, 1.54) is 51.6 Å². The minimum Gasteiger partial charge on any atom is -0.317 e. The zero-order chi connectivity index (χ0) is 13.7. The number of aryl methyl sites for hydroxylation is 1. The van der Waals surface area contributed by atoms with E-state index in [4.69, 9.17) is 0 Å². The summed E-state index contributed by atoms with van der Waals surface area (Å²) in [6.07, 6.45) is 10.3. The highest BCUT2D eigenvalue weighted by molar-refractivity contribution is 4.91. The molecule has 2 fully saturated rings. The Morgan fingerprint density at radius 2 is 1.95 bits per heavy atom. The van der Waals surface area contributed by atoms with Gasteiger partial charge in [0.1, 0.15) is 0 Å². The molecular formula is C14H26N6. The quantitative estimate of drug-likeness (QED) is 0.701. The van der Waals surface area contributed by atoms with Crippen molar-refractivity contribution in [3.05, 3.63) is 5.82 Å². The first-order valence-corrected chi connectivity index (χ1v) is 8.03. The molecule has 1 spiro atoms. The predicted octanol–water partition coefficient (Wildman–Crippen LogP) is 1.03. The average Bonchev–Trinajstić information content (AvgIpc) is 3.00. The van der Waals surface area contributed by atoms with Crippen molar-refractivity contribution in [1.82, 2.24) is 31.3 Å². The Morgan fingerprint density at radius 1 is 1.15 bits per heavy atom. The number of piperidine rings is 1. The second-order valence-electron chi connectivity index (χ2n) is 6.41. The van der Waals surface area contributed by atoms with Crippen LogP contribution < -0.4 is 10.6 Å². The van der Waals surface area contributed by atoms with Crippen molar-refractivity contribution in [1.29, 1.82) is 0 Å². The monoisotopic (exact) mass is 278 g/mol. The van der Waals surface area contributed by atoms with Gasteiger partial charge in [-0.3, -0.25) is 0 Å². The third kappa shape index (κ3) is 3.55. The fourth-order valence-electron chi connectivity index (χ4n) is 3.73. The Balaban J connectivity index is 1.32. The molecule has 112 valence electrons. The molecular weight excluding hydrogens is 252 g/mol. The van der Waals surface area contributed by atoms with Gasteiger partial charge in [0.05, 0.1) is 0 Å². The van der Waals surface area contributed by atoms with E-state index in [1.807, 2.05) is 0 Å². The summed E-state index contributed by atoms with van der Waals surface area (Å²) in [6.45, 7) is 3.51. The lowest BCUT2D eigenvalue weighted by Gasteiger charge is -2.43. The fraction of sp³-hybridized carbons (Fsp3) is 0.929. The van der Waals surface area contributed by atoms with E-state index in [-0.39, 0.29) is 0 Å². The number of hydrogen-bond acceptors (Lipinski definition) is 5. The van der Waals surface area contributed by atoms with Gasteiger partial charge in [-0.15, -0.1) is 10.2 Å². The molecule has 0 atom stereocenters. The molecule has 1 saturated heterocycles. The highest BCUT2D eigenvalue weighted by Gasteiger charge is 2.35. The van der Waals surface area contributed by atoms with Crippen LogP contribution in [0.3, 0.4) is 0 Å². The molecule has 2 heterocycles. The molecule has 1 aliphatic carbocycles. The maximum absolute atomic E-state index is 3.98. The first-order valence-electron chi connectivity index (χ1n) is 8.03. The summed E-state index contributed by atoms with van der Waals surface area (Å²) in [5, 5.41) is 21.2. The second kappa shape index (κ2) is 6.63. The summed E-state index contributed by atoms with van der Waals surface area (Å²) >= 11 is 0. The lowest BCUT2D eigenvalue weighted by Crippen LogP contribution is -2.43. The van der Waals surface area contributed by atoms with E-state index >= 15 is 0 Å². The van der Waals surface area contributed by atoms with E-state index in [1.54, 1.807) is 0 Å². The smallest absolute Gasteiger partial charge is 0.174 e. The van der Waals surface area contributed by atoms with Crippen LogP contribution in [0.15, 0.2) is 0 Å². The highest BCUT2D eigenvalue weighted by atomic mass is 15.5. The summed E-state index contributed by atoms with van der Waals surface area (Å²) < 4.78 is 0. The van der Waals surface area contributed by atoms with Gasteiger partial charge in [0.2, 0.25) is 0 Å². The normalized spacial score (nSPS) is 23.2. The van der Waals surface area contributed by atoms with Crippen LogP contribution in [-0.2, 0) is 6.42 Å². The van der Waals surface area contributed by atoms with E-state index in [0.29, 0.717) is 5.41 Å². The number of nitrogens with zero attached hydrogens (tertiary/aromatic N) is 3. The Bertz CT molecular complexity index is 374. The number of H-pyrrole nitrogens is 1. The van der Waals surface area contributed by atoms with Crippen molar-refractivity contribution >= 4 is 0 Å². The van der Waals surface area contributed by atoms with Crippen molar-refractivity contribution in [3.8, 4) is 0 Å². The Hall–Kier alpha value is -1.01. The third-order valence-corrected chi connectivity index (χ3v) is 5.11. The van der Waals surface area contributed by atoms with Crippen LogP contribution in [0.1, 0.15) is 50.8 Å². The first kappa shape index (κ1) is 13.9. The molecule has 0 aromatic carbocycles. The zero-order valence-electron chi connectivity index (χ0n) is 12.2. The van der Waals surface area contributed by atoms with Crippen molar-refractivity contribution in [2.24, 2.45) is 5.41 Å². The second-order valence-corrected chi connectivity index (χ2v) is 6.41. The molecule has 3 rings (SSSR count). The van der Waals surface area contributed by atoms with Crippen LogP contribution in [0.4, 0.5) is 0 Å². The Morgan fingerprint density at radius 3 is 2.65 bits per heavy atom. The molecule has 0 bridgehead atoms. The standard InChI is InChI=1S/C14H26N6/c1(2-13-17-19-20-18-13)9-16-12-3-5-14(6-4-12)7-10-15-11-8-14/h12,15-16H,1-11H2,(H,17,18,19,20). The van der Waals surface area contributed by atoms with Crippen molar-refractivity contribution < 1.29 is 0 Å². The molecule has 2 aliphatic rings. The number of aromatic nitrogens is 4. The van der Waals surface area contributed by atoms with Crippen molar-refractivity contribution in [2.75, 3.05) is 19.6 Å². The van der Waals surface area contributed by atoms with Crippen molar-refractivity contribution in [2.45, 2.75) is 57.4 Å². The zero-order valence-corrected chi connectivity index (χ0v) is 12.2. The van der Waals surface area contributed by atoms with Gasteiger partial charge in [-0.05, 0) is 70.0 Å². The summed E-state index contributed by atoms with van der Waals surface area (Å²) in [4.78, 5) is 0. The molecule has 6 heteroatoms. The summed E-state index contributed by atoms with van der Waals surface area (Å²) in [5.41, 5.74) is 0.675. The summed E-state index contributed by atoms with van der Waals surface area (Å²) in [6, 6.07) is 0.723. The fourth-order valence-corrected chi connectivity index (χ4v) is 3.73. The van der Waals surface area contributed by atoms with Gasteiger partial charge in [0.25, 0.3) is 0 Å². The minimum atomic E-state index is 0.675. The van der Waals surface area contributed by atoms with Crippen LogP contribution in [0.5, 0.6) is 0 Å². The van der Waals surface area contributed by atoms with Gasteiger partial charge in [-0.2, -0.15) is 5.21 Å². The van der Waals surface area contributed by atoms with Crippen LogP contribution in [0.25, 0.3) is 0 Å². The van der Waals surface area contributed by atoms with E-state index in [0.717, 1.165) is 31.3 Å². The Kier molecular flexibility index (Phi) is 4.62. The molecule has 0 radical (unpaired) electrons. The van der Waals surface area contributed by atoms with Gasteiger partial charge in [0.15, 0.2) is 5.82 Å². The lowest BCUT2D eigenvalue weighted by atomic mass is 9.67. The van der Waals surface area contributed by atoms with Crippen LogP contribution >= 0.6 is 0 Å². The molecule has 0 unspecified atom stereocenters. The van der Waals surface area contributed by atoms with Gasteiger partial charge >= 0.3 is 0 Å². The maximum atomic E-state index is 3.98. The molecule has 1 aromatic heterocycles. The molecule has 6 nitrogen and oxygen atoms in total. The van der Waals surface area contributed by atoms with Gasteiger partial charge in [0, 0.05) is 12.5 Å². The van der Waals surface area contributed by atoms with E-state index in [9.17, 15) is 0 Å².